The fourth-order valence-corrected chi connectivity index (χ4v) is 0.636. The first kappa shape index (κ1) is 9.90. The Morgan fingerprint density at radius 2 is 2.09 bits per heavy atom. The van der Waals surface area contributed by atoms with Crippen molar-refractivity contribution in [2.75, 3.05) is 0 Å². The van der Waals surface area contributed by atoms with Crippen LogP contribution in [0.5, 0.6) is 0 Å². The van der Waals surface area contributed by atoms with E-state index in [2.05, 4.69) is 5.16 Å². The van der Waals surface area contributed by atoms with Crippen molar-refractivity contribution in [1.82, 2.24) is 0 Å². The Morgan fingerprint density at radius 1 is 1.64 bits per heavy atom. The number of hydrogen-bond donors (Lipinski definition) is 3. The van der Waals surface area contributed by atoms with Gasteiger partial charge in [0.15, 0.2) is 0 Å². The Labute approximate surface area is 64.0 Å². The molecule has 5 heteroatoms. The van der Waals surface area contributed by atoms with Crippen molar-refractivity contribution in [3.63, 3.8) is 0 Å². The molecule has 0 aromatic rings. The molecule has 0 saturated heterocycles. The van der Waals surface area contributed by atoms with Crippen LogP contribution in [0.2, 0.25) is 0 Å². The van der Waals surface area contributed by atoms with Crippen molar-refractivity contribution in [3.05, 3.63) is 0 Å². The van der Waals surface area contributed by atoms with Crippen LogP contribution in [0, 0.1) is 0 Å². The zero-order valence-electron chi connectivity index (χ0n) is 6.40. The van der Waals surface area contributed by atoms with Crippen molar-refractivity contribution >= 4 is 11.7 Å². The number of carboxylic acid groups (broad SMARTS) is 1. The standard InChI is InChI=1S/C6H11NO4/c1-3-4(7-11)6(2,10)5(8)9/h10-11H,3H2,1-2H3,(H,8,9)/b7-4+. The number of oxime groups is 1. The number of nitrogens with zero attached hydrogens (tertiary/aromatic N) is 1. The third-order valence-electron chi connectivity index (χ3n) is 1.43. The largest absolute Gasteiger partial charge is 0.479 e. The van der Waals surface area contributed by atoms with E-state index in [4.69, 9.17) is 15.4 Å². The minimum Gasteiger partial charge on any atom is -0.479 e. The number of hydrogen-bond acceptors (Lipinski definition) is 4. The second-order valence-corrected chi connectivity index (χ2v) is 2.28. The summed E-state index contributed by atoms with van der Waals surface area (Å²) in [4.78, 5) is 10.3. The SMILES string of the molecule is CC/C(=N\O)C(C)(O)C(=O)O. The molecular weight excluding hydrogens is 150 g/mol. The van der Waals surface area contributed by atoms with Crippen molar-refractivity contribution in [2.45, 2.75) is 25.9 Å². The van der Waals surface area contributed by atoms with Crippen LogP contribution in [0.3, 0.4) is 0 Å². The van der Waals surface area contributed by atoms with Crippen molar-refractivity contribution in [2.24, 2.45) is 5.16 Å². The molecule has 11 heavy (non-hydrogen) atoms. The molecule has 0 saturated carbocycles. The van der Waals surface area contributed by atoms with E-state index in [0.29, 0.717) is 0 Å². The van der Waals surface area contributed by atoms with Gasteiger partial charge in [-0.15, -0.1) is 0 Å². The lowest BCUT2D eigenvalue weighted by Crippen LogP contribution is -2.43. The Bertz CT molecular complexity index is 185. The van der Waals surface area contributed by atoms with Crippen molar-refractivity contribution in [3.8, 4) is 0 Å². The summed E-state index contributed by atoms with van der Waals surface area (Å²) in [5.74, 6) is -1.42. The maximum Gasteiger partial charge on any atom is 0.341 e. The molecule has 5 nitrogen and oxygen atoms in total. The summed E-state index contributed by atoms with van der Waals surface area (Å²) >= 11 is 0. The van der Waals surface area contributed by atoms with Gasteiger partial charge in [-0.1, -0.05) is 12.1 Å². The van der Waals surface area contributed by atoms with E-state index in [1.165, 1.54) is 0 Å². The summed E-state index contributed by atoms with van der Waals surface area (Å²) in [7, 11) is 0. The first-order valence-electron chi connectivity index (χ1n) is 3.14. The van der Waals surface area contributed by atoms with Gasteiger partial charge in [-0.3, -0.25) is 0 Å². The van der Waals surface area contributed by atoms with Crippen LogP contribution in [0.25, 0.3) is 0 Å². The highest BCUT2D eigenvalue weighted by atomic mass is 16.4. The molecule has 0 aromatic heterocycles. The first-order valence-corrected chi connectivity index (χ1v) is 3.14. The Balaban J connectivity index is 4.66. The van der Waals surface area contributed by atoms with Crippen LogP contribution >= 0.6 is 0 Å². The van der Waals surface area contributed by atoms with Gasteiger partial charge in [0.1, 0.15) is 0 Å². The van der Waals surface area contributed by atoms with Crippen LogP contribution < -0.4 is 0 Å². The van der Waals surface area contributed by atoms with Gasteiger partial charge in [0.2, 0.25) is 5.60 Å². The quantitative estimate of drug-likeness (QED) is 0.310. The number of rotatable bonds is 3. The molecule has 0 fully saturated rings. The summed E-state index contributed by atoms with van der Waals surface area (Å²) in [6, 6.07) is 0. The van der Waals surface area contributed by atoms with E-state index >= 15 is 0 Å². The van der Waals surface area contributed by atoms with Gasteiger partial charge in [-0.05, 0) is 13.3 Å². The van der Waals surface area contributed by atoms with Crippen molar-refractivity contribution < 1.29 is 20.2 Å². The summed E-state index contributed by atoms with van der Waals surface area (Å²) in [6.45, 7) is 2.65. The van der Waals surface area contributed by atoms with Gasteiger partial charge in [-0.2, -0.15) is 0 Å². The molecule has 0 heterocycles. The smallest absolute Gasteiger partial charge is 0.341 e. The minimum atomic E-state index is -2.07. The molecule has 1 unspecified atom stereocenters. The third kappa shape index (κ3) is 1.91. The lowest BCUT2D eigenvalue weighted by atomic mass is 9.99. The fourth-order valence-electron chi connectivity index (χ4n) is 0.636. The second kappa shape index (κ2) is 3.34. The molecule has 64 valence electrons. The van der Waals surface area contributed by atoms with Crippen LogP contribution in [0.15, 0.2) is 5.16 Å². The maximum atomic E-state index is 10.3. The predicted octanol–water partition coefficient (Wildman–Crippen LogP) is 0.0622. The number of carbonyl (C=O) groups is 1. The van der Waals surface area contributed by atoms with E-state index in [9.17, 15) is 4.79 Å². The fraction of sp³-hybridized carbons (Fsp3) is 0.667. The van der Waals surface area contributed by atoms with E-state index in [0.717, 1.165) is 6.92 Å². The average molecular weight is 161 g/mol. The molecular formula is C6H11NO4. The summed E-state index contributed by atoms with van der Waals surface area (Å²) in [6.07, 6.45) is 0.190. The van der Waals surface area contributed by atoms with Crippen LogP contribution in [-0.4, -0.2) is 32.7 Å². The van der Waals surface area contributed by atoms with E-state index in [1.54, 1.807) is 6.92 Å². The molecule has 0 aliphatic carbocycles. The van der Waals surface area contributed by atoms with Gasteiger partial charge in [0.05, 0.1) is 5.71 Å². The number of carboxylic acids is 1. The molecule has 3 N–H and O–H groups in total. The molecule has 0 radical (unpaired) electrons. The molecule has 0 spiro atoms. The van der Waals surface area contributed by atoms with Crippen LogP contribution in [0.1, 0.15) is 20.3 Å². The molecule has 0 aliphatic heterocycles. The Kier molecular flexibility index (Phi) is 3.00. The average Bonchev–Trinajstić information content (AvgIpc) is 1.89. The van der Waals surface area contributed by atoms with Gasteiger partial charge >= 0.3 is 5.97 Å². The molecule has 0 aromatic carbocycles. The molecule has 0 aliphatic rings. The van der Waals surface area contributed by atoms with E-state index in [-0.39, 0.29) is 12.1 Å². The lowest BCUT2D eigenvalue weighted by Gasteiger charge is -2.17. The normalized spacial score (nSPS) is 17.5. The minimum absolute atomic E-state index is 0.162. The third-order valence-corrected chi connectivity index (χ3v) is 1.43. The zero-order chi connectivity index (χ0) is 9.07. The topological polar surface area (TPSA) is 90.1 Å². The number of aliphatic carboxylic acids is 1. The second-order valence-electron chi connectivity index (χ2n) is 2.28. The highest BCUT2D eigenvalue weighted by molar-refractivity contribution is 6.08. The molecule has 1 atom stereocenters. The highest BCUT2D eigenvalue weighted by Gasteiger charge is 2.35. The number of aliphatic hydroxyl groups is 1. The van der Waals surface area contributed by atoms with Gasteiger partial charge in [0, 0.05) is 0 Å². The van der Waals surface area contributed by atoms with Crippen molar-refractivity contribution in [1.29, 1.82) is 0 Å². The zero-order valence-corrected chi connectivity index (χ0v) is 6.40. The van der Waals surface area contributed by atoms with Gasteiger partial charge in [0.25, 0.3) is 0 Å². The first-order chi connectivity index (χ1) is 4.96. The monoisotopic (exact) mass is 161 g/mol. The summed E-state index contributed by atoms with van der Waals surface area (Å²) in [5.41, 5.74) is -2.23. The predicted molar refractivity (Wildman–Crippen MR) is 37.8 cm³/mol. The lowest BCUT2D eigenvalue weighted by molar-refractivity contribution is -0.150. The molecule has 0 amide bonds. The molecule has 0 bridgehead atoms. The maximum absolute atomic E-state index is 10.3. The summed E-state index contributed by atoms with van der Waals surface area (Å²) < 4.78 is 0. The highest BCUT2D eigenvalue weighted by Crippen LogP contribution is 2.08. The van der Waals surface area contributed by atoms with E-state index in [1.807, 2.05) is 0 Å². The van der Waals surface area contributed by atoms with Crippen LogP contribution in [-0.2, 0) is 4.79 Å². The Hall–Kier alpha value is -1.10. The van der Waals surface area contributed by atoms with Gasteiger partial charge < -0.3 is 15.4 Å². The van der Waals surface area contributed by atoms with E-state index < -0.39 is 11.6 Å². The van der Waals surface area contributed by atoms with Gasteiger partial charge in [-0.25, -0.2) is 4.79 Å². The summed E-state index contributed by atoms with van der Waals surface area (Å²) in [5, 5.41) is 28.6. The molecule has 0 rings (SSSR count). The van der Waals surface area contributed by atoms with Crippen LogP contribution in [0.4, 0.5) is 0 Å². The Morgan fingerprint density at radius 3 is 2.18 bits per heavy atom.